The highest BCUT2D eigenvalue weighted by molar-refractivity contribution is 5.84. The Morgan fingerprint density at radius 1 is 1.29 bits per heavy atom. The Bertz CT molecular complexity index is 549. The number of hydrogen-bond acceptors (Lipinski definition) is 4. The number of hydrogen-bond donors (Lipinski definition) is 2. The van der Waals surface area contributed by atoms with E-state index in [1.165, 1.54) is 5.56 Å². The van der Waals surface area contributed by atoms with E-state index in [1.807, 2.05) is 24.3 Å². The highest BCUT2D eigenvalue weighted by Gasteiger charge is 2.25. The van der Waals surface area contributed by atoms with Crippen molar-refractivity contribution >= 4 is 17.7 Å². The summed E-state index contributed by atoms with van der Waals surface area (Å²) in [5, 5.41) is 2.73. The van der Waals surface area contributed by atoms with Crippen LogP contribution in [0.15, 0.2) is 24.3 Å². The third-order valence-electron chi connectivity index (χ3n) is 4.37. The number of rotatable bonds is 5. The summed E-state index contributed by atoms with van der Waals surface area (Å²) in [7, 11) is 0. The lowest BCUT2D eigenvalue weighted by molar-refractivity contribution is -0.133. The summed E-state index contributed by atoms with van der Waals surface area (Å²) in [4.78, 5) is 25.5. The monoisotopic (exact) mass is 333 g/mol. The van der Waals surface area contributed by atoms with E-state index in [2.05, 4.69) is 12.2 Å². The van der Waals surface area contributed by atoms with Gasteiger partial charge in [-0.05, 0) is 49.8 Å². The van der Waals surface area contributed by atoms with Crippen LogP contribution in [0.1, 0.15) is 32.3 Å². The molecule has 6 heteroatoms. The number of benzene rings is 1. The quantitative estimate of drug-likeness (QED) is 0.866. The molecule has 0 aromatic heterocycles. The molecular formula is C18H27N3O3. The van der Waals surface area contributed by atoms with E-state index in [1.54, 1.807) is 11.8 Å². The molecule has 1 heterocycles. The van der Waals surface area contributed by atoms with Crippen molar-refractivity contribution in [3.63, 3.8) is 0 Å². The summed E-state index contributed by atoms with van der Waals surface area (Å²) in [5.41, 5.74) is 7.58. The zero-order valence-corrected chi connectivity index (χ0v) is 14.5. The topological polar surface area (TPSA) is 84.7 Å². The minimum Gasteiger partial charge on any atom is -0.449 e. The van der Waals surface area contributed by atoms with Crippen LogP contribution in [0.3, 0.4) is 0 Å². The van der Waals surface area contributed by atoms with Crippen LogP contribution in [0, 0.1) is 5.92 Å². The van der Waals surface area contributed by atoms with E-state index in [0.29, 0.717) is 19.7 Å². The Hall–Kier alpha value is -2.08. The van der Waals surface area contributed by atoms with Crippen LogP contribution in [-0.4, -0.2) is 42.6 Å². The smallest absolute Gasteiger partial charge is 0.411 e. The Kier molecular flexibility index (Phi) is 6.61. The fourth-order valence-corrected chi connectivity index (χ4v) is 2.78. The van der Waals surface area contributed by atoms with Gasteiger partial charge in [0, 0.05) is 18.8 Å². The lowest BCUT2D eigenvalue weighted by atomic mass is 9.97. The SMILES string of the molecule is CCc1ccc(NC(=O)OCC2CCN(C(=O)[C@H](C)N)CC2)cc1. The third-order valence-corrected chi connectivity index (χ3v) is 4.37. The molecule has 2 rings (SSSR count). The van der Waals surface area contributed by atoms with Gasteiger partial charge in [0.25, 0.3) is 0 Å². The van der Waals surface area contributed by atoms with Crippen molar-refractivity contribution in [1.82, 2.24) is 4.90 Å². The van der Waals surface area contributed by atoms with Gasteiger partial charge >= 0.3 is 6.09 Å². The largest absolute Gasteiger partial charge is 0.449 e. The van der Waals surface area contributed by atoms with Gasteiger partial charge in [0.05, 0.1) is 12.6 Å². The molecule has 1 aliphatic heterocycles. The van der Waals surface area contributed by atoms with Gasteiger partial charge in [0.15, 0.2) is 0 Å². The summed E-state index contributed by atoms with van der Waals surface area (Å²) in [6, 6.07) is 7.26. The molecule has 3 N–H and O–H groups in total. The predicted molar refractivity (Wildman–Crippen MR) is 93.7 cm³/mol. The van der Waals surface area contributed by atoms with Crippen molar-refractivity contribution in [2.75, 3.05) is 25.0 Å². The van der Waals surface area contributed by atoms with Gasteiger partial charge in [-0.1, -0.05) is 19.1 Å². The Morgan fingerprint density at radius 2 is 1.92 bits per heavy atom. The number of likely N-dealkylation sites (tertiary alicyclic amines) is 1. The summed E-state index contributed by atoms with van der Waals surface area (Å²) >= 11 is 0. The molecule has 1 fully saturated rings. The number of amides is 2. The fraction of sp³-hybridized carbons (Fsp3) is 0.556. The second-order valence-electron chi connectivity index (χ2n) is 6.33. The number of carbonyl (C=O) groups is 2. The number of aryl methyl sites for hydroxylation is 1. The van der Waals surface area contributed by atoms with Gasteiger partial charge in [-0.3, -0.25) is 10.1 Å². The van der Waals surface area contributed by atoms with Crippen LogP contribution in [0.25, 0.3) is 0 Å². The van der Waals surface area contributed by atoms with Crippen molar-refractivity contribution in [2.24, 2.45) is 11.7 Å². The number of ether oxygens (including phenoxy) is 1. The zero-order chi connectivity index (χ0) is 17.5. The lowest BCUT2D eigenvalue weighted by Crippen LogP contribution is -2.46. The molecule has 0 aliphatic carbocycles. The number of carbonyl (C=O) groups excluding carboxylic acids is 2. The highest BCUT2D eigenvalue weighted by atomic mass is 16.5. The van der Waals surface area contributed by atoms with E-state index in [0.717, 1.165) is 24.9 Å². The van der Waals surface area contributed by atoms with Crippen molar-refractivity contribution in [1.29, 1.82) is 0 Å². The van der Waals surface area contributed by atoms with Crippen molar-refractivity contribution in [3.8, 4) is 0 Å². The maximum atomic E-state index is 11.9. The number of nitrogens with zero attached hydrogens (tertiary/aromatic N) is 1. The van der Waals surface area contributed by atoms with Crippen LogP contribution in [0.2, 0.25) is 0 Å². The van der Waals surface area contributed by atoms with Crippen molar-refractivity contribution < 1.29 is 14.3 Å². The van der Waals surface area contributed by atoms with Crippen molar-refractivity contribution in [2.45, 2.75) is 39.2 Å². The number of nitrogens with two attached hydrogens (primary N) is 1. The van der Waals surface area contributed by atoms with Gasteiger partial charge in [-0.25, -0.2) is 4.79 Å². The maximum Gasteiger partial charge on any atom is 0.411 e. The second-order valence-corrected chi connectivity index (χ2v) is 6.33. The molecule has 1 aliphatic rings. The second kappa shape index (κ2) is 8.68. The molecule has 0 unspecified atom stereocenters. The van der Waals surface area contributed by atoms with Crippen LogP contribution in [-0.2, 0) is 16.0 Å². The number of anilines is 1. The van der Waals surface area contributed by atoms with Gasteiger partial charge in [0.2, 0.25) is 5.91 Å². The molecule has 0 bridgehead atoms. The molecule has 6 nitrogen and oxygen atoms in total. The maximum absolute atomic E-state index is 11.9. The zero-order valence-electron chi connectivity index (χ0n) is 14.5. The molecule has 0 saturated carbocycles. The third kappa shape index (κ3) is 5.23. The summed E-state index contributed by atoms with van der Waals surface area (Å²) in [5.74, 6) is 0.276. The minimum absolute atomic E-state index is 0.0114. The van der Waals surface area contributed by atoms with Gasteiger partial charge in [0.1, 0.15) is 0 Å². The van der Waals surface area contributed by atoms with Crippen LogP contribution in [0.5, 0.6) is 0 Å². The molecule has 1 aromatic carbocycles. The first-order valence-electron chi connectivity index (χ1n) is 8.56. The molecule has 24 heavy (non-hydrogen) atoms. The minimum atomic E-state index is -0.456. The average Bonchev–Trinajstić information content (AvgIpc) is 2.60. The summed E-state index contributed by atoms with van der Waals surface area (Å²) in [6.45, 7) is 5.51. The van der Waals surface area contributed by atoms with Crippen molar-refractivity contribution in [3.05, 3.63) is 29.8 Å². The molecule has 1 atom stereocenters. The van der Waals surface area contributed by atoms with Gasteiger partial charge < -0.3 is 15.4 Å². The number of nitrogens with one attached hydrogen (secondary N) is 1. The highest BCUT2D eigenvalue weighted by Crippen LogP contribution is 2.18. The van der Waals surface area contributed by atoms with E-state index in [-0.39, 0.29) is 11.8 Å². The lowest BCUT2D eigenvalue weighted by Gasteiger charge is -2.32. The van der Waals surface area contributed by atoms with Crippen LogP contribution >= 0.6 is 0 Å². The van der Waals surface area contributed by atoms with E-state index in [4.69, 9.17) is 10.5 Å². The summed E-state index contributed by atoms with van der Waals surface area (Å²) < 4.78 is 5.31. The molecule has 132 valence electrons. The average molecular weight is 333 g/mol. The van der Waals surface area contributed by atoms with Gasteiger partial charge in [-0.15, -0.1) is 0 Å². The first kappa shape index (κ1) is 18.3. The Balaban J connectivity index is 1.70. The molecule has 1 aromatic rings. The molecule has 0 radical (unpaired) electrons. The molecule has 0 spiro atoms. The Morgan fingerprint density at radius 3 is 2.46 bits per heavy atom. The van der Waals surface area contributed by atoms with E-state index in [9.17, 15) is 9.59 Å². The normalized spacial score (nSPS) is 16.5. The molecular weight excluding hydrogens is 306 g/mol. The Labute approximate surface area is 143 Å². The standard InChI is InChI=1S/C18H27N3O3/c1-3-14-4-6-16(7-5-14)20-18(23)24-12-15-8-10-21(11-9-15)17(22)13(2)19/h4-7,13,15H,3,8-12,19H2,1-2H3,(H,20,23)/t13-/m0/s1. The first-order chi connectivity index (χ1) is 11.5. The summed E-state index contributed by atoms with van der Waals surface area (Å²) in [6.07, 6.45) is 2.19. The van der Waals surface area contributed by atoms with Crippen LogP contribution in [0.4, 0.5) is 10.5 Å². The van der Waals surface area contributed by atoms with Crippen LogP contribution < -0.4 is 11.1 Å². The fourth-order valence-electron chi connectivity index (χ4n) is 2.78. The van der Waals surface area contributed by atoms with E-state index < -0.39 is 12.1 Å². The predicted octanol–water partition coefficient (Wildman–Crippen LogP) is 2.38. The number of piperidine rings is 1. The molecule has 1 saturated heterocycles. The van der Waals surface area contributed by atoms with Gasteiger partial charge in [-0.2, -0.15) is 0 Å². The molecule has 2 amide bonds. The van der Waals surface area contributed by atoms with E-state index >= 15 is 0 Å². The first-order valence-corrected chi connectivity index (χ1v) is 8.56.